The number of imidazole rings is 1. The highest BCUT2D eigenvalue weighted by molar-refractivity contribution is 6.63. The second kappa shape index (κ2) is 5.05. The van der Waals surface area contributed by atoms with E-state index in [-0.39, 0.29) is 5.82 Å². The van der Waals surface area contributed by atoms with Crippen LogP contribution in [0.1, 0.15) is 64.3 Å². The molecule has 0 spiro atoms. The number of fused-ring (bicyclic) bond motifs is 1. The van der Waals surface area contributed by atoms with Crippen LogP contribution in [0.3, 0.4) is 0 Å². The van der Waals surface area contributed by atoms with Crippen molar-refractivity contribution in [2.24, 2.45) is 0 Å². The summed E-state index contributed by atoms with van der Waals surface area (Å²) in [6.45, 7) is 9.78. The lowest BCUT2D eigenvalue weighted by atomic mass is 9.76. The van der Waals surface area contributed by atoms with Crippen LogP contribution in [0.15, 0.2) is 6.07 Å². The van der Waals surface area contributed by atoms with Gasteiger partial charge in [-0.15, -0.1) is 0 Å². The van der Waals surface area contributed by atoms with E-state index in [1.165, 1.54) is 6.42 Å². The minimum Gasteiger partial charge on any atom is -0.399 e. The van der Waals surface area contributed by atoms with E-state index in [2.05, 4.69) is 9.97 Å². The first-order valence-corrected chi connectivity index (χ1v) is 8.74. The normalized spacial score (nSPS) is 23.0. The van der Waals surface area contributed by atoms with E-state index in [4.69, 9.17) is 9.31 Å². The molecule has 1 aromatic carbocycles. The number of aromatic nitrogens is 2. The second-order valence-electron chi connectivity index (χ2n) is 8.14. The number of hydrogen-bond donors (Lipinski definition) is 1. The summed E-state index contributed by atoms with van der Waals surface area (Å²) >= 11 is 0. The maximum atomic E-state index is 14.9. The Labute approximate surface area is 142 Å². The maximum Gasteiger partial charge on any atom is 0.495 e. The molecular formula is C18H24BFN2O2. The highest BCUT2D eigenvalue weighted by Crippen LogP contribution is 2.38. The minimum absolute atomic E-state index is 0.279. The van der Waals surface area contributed by atoms with E-state index in [1.807, 2.05) is 33.8 Å². The molecule has 24 heavy (non-hydrogen) atoms. The zero-order valence-electron chi connectivity index (χ0n) is 15.0. The van der Waals surface area contributed by atoms with Crippen molar-refractivity contribution in [1.82, 2.24) is 9.97 Å². The van der Waals surface area contributed by atoms with Gasteiger partial charge in [0, 0.05) is 5.92 Å². The van der Waals surface area contributed by atoms with Crippen molar-refractivity contribution < 1.29 is 13.7 Å². The van der Waals surface area contributed by atoms with Gasteiger partial charge >= 0.3 is 7.12 Å². The average molecular weight is 330 g/mol. The number of H-pyrrole nitrogens is 1. The van der Waals surface area contributed by atoms with E-state index in [1.54, 1.807) is 6.92 Å². The third-order valence-electron chi connectivity index (χ3n) is 6.02. The van der Waals surface area contributed by atoms with Gasteiger partial charge in [0.2, 0.25) is 0 Å². The molecule has 2 aromatic rings. The molecule has 0 bridgehead atoms. The smallest absolute Gasteiger partial charge is 0.399 e. The number of nitrogens with one attached hydrogen (secondary N) is 1. The van der Waals surface area contributed by atoms with E-state index in [0.29, 0.717) is 17.0 Å². The molecule has 1 aliphatic heterocycles. The highest BCUT2D eigenvalue weighted by Gasteiger charge is 2.52. The van der Waals surface area contributed by atoms with Crippen LogP contribution in [0, 0.1) is 12.7 Å². The van der Waals surface area contributed by atoms with Crippen molar-refractivity contribution >= 4 is 23.6 Å². The van der Waals surface area contributed by atoms with Crippen LogP contribution in [-0.4, -0.2) is 28.3 Å². The number of halogens is 1. The number of hydrogen-bond acceptors (Lipinski definition) is 3. The third-order valence-corrected chi connectivity index (χ3v) is 6.02. The first kappa shape index (κ1) is 16.1. The summed E-state index contributed by atoms with van der Waals surface area (Å²) in [5.74, 6) is 1.07. The van der Waals surface area contributed by atoms with Crippen LogP contribution < -0.4 is 5.46 Å². The van der Waals surface area contributed by atoms with E-state index in [0.717, 1.165) is 29.6 Å². The van der Waals surface area contributed by atoms with Crippen molar-refractivity contribution in [2.45, 2.75) is 71.0 Å². The zero-order chi connectivity index (χ0) is 17.3. The van der Waals surface area contributed by atoms with Crippen molar-refractivity contribution in [1.29, 1.82) is 0 Å². The average Bonchev–Trinajstić information content (AvgIpc) is 2.91. The molecule has 2 fully saturated rings. The molecule has 1 aliphatic carbocycles. The number of nitrogens with zero attached hydrogens (tertiary/aromatic N) is 1. The predicted octanol–water partition coefficient (Wildman–Crippen LogP) is 3.58. The Hall–Kier alpha value is -1.40. The maximum absolute atomic E-state index is 14.9. The van der Waals surface area contributed by atoms with Crippen LogP contribution in [0.25, 0.3) is 11.0 Å². The van der Waals surface area contributed by atoms with Gasteiger partial charge in [0.25, 0.3) is 0 Å². The van der Waals surface area contributed by atoms with Crippen molar-refractivity contribution in [3.63, 3.8) is 0 Å². The van der Waals surface area contributed by atoms with Crippen LogP contribution in [-0.2, 0) is 9.31 Å². The van der Waals surface area contributed by atoms with Crippen LogP contribution in [0.5, 0.6) is 0 Å². The molecule has 0 radical (unpaired) electrons. The molecule has 2 heterocycles. The predicted molar refractivity (Wildman–Crippen MR) is 93.1 cm³/mol. The fourth-order valence-corrected chi connectivity index (χ4v) is 3.34. The van der Waals surface area contributed by atoms with Crippen LogP contribution >= 0.6 is 0 Å². The van der Waals surface area contributed by atoms with Crippen molar-refractivity contribution in [2.75, 3.05) is 0 Å². The summed E-state index contributed by atoms with van der Waals surface area (Å²) in [5.41, 5.74) is 1.55. The Bertz CT molecular complexity index is 795. The van der Waals surface area contributed by atoms with Gasteiger partial charge in [0.1, 0.15) is 11.3 Å². The van der Waals surface area contributed by atoms with Gasteiger partial charge in [0.15, 0.2) is 5.82 Å². The number of aromatic amines is 1. The van der Waals surface area contributed by atoms with Gasteiger partial charge in [-0.05, 0) is 64.6 Å². The molecule has 1 N–H and O–H groups in total. The largest absolute Gasteiger partial charge is 0.495 e. The lowest BCUT2D eigenvalue weighted by Gasteiger charge is -2.32. The van der Waals surface area contributed by atoms with Gasteiger partial charge in [-0.3, -0.25) is 0 Å². The minimum atomic E-state index is -0.565. The molecule has 1 saturated heterocycles. The Balaban J connectivity index is 1.77. The fraction of sp³-hybridized carbons (Fsp3) is 0.611. The van der Waals surface area contributed by atoms with Crippen molar-refractivity contribution in [3.05, 3.63) is 23.3 Å². The monoisotopic (exact) mass is 330 g/mol. The summed E-state index contributed by atoms with van der Waals surface area (Å²) in [4.78, 5) is 7.82. The van der Waals surface area contributed by atoms with Crippen LogP contribution in [0.4, 0.5) is 4.39 Å². The van der Waals surface area contributed by atoms with E-state index < -0.39 is 18.3 Å². The molecule has 0 amide bonds. The number of benzene rings is 1. The van der Waals surface area contributed by atoms with E-state index in [9.17, 15) is 4.39 Å². The number of rotatable bonds is 2. The van der Waals surface area contributed by atoms with Crippen molar-refractivity contribution in [3.8, 4) is 0 Å². The molecule has 4 nitrogen and oxygen atoms in total. The Morgan fingerprint density at radius 3 is 2.38 bits per heavy atom. The van der Waals surface area contributed by atoms with Gasteiger partial charge in [0.05, 0.1) is 16.7 Å². The molecule has 2 aliphatic rings. The van der Waals surface area contributed by atoms with Gasteiger partial charge in [-0.25, -0.2) is 9.37 Å². The summed E-state index contributed by atoms with van der Waals surface area (Å²) in [7, 11) is -0.565. The molecule has 0 atom stereocenters. The first-order chi connectivity index (χ1) is 11.2. The summed E-state index contributed by atoms with van der Waals surface area (Å²) in [6, 6.07) is 1.94. The lowest BCUT2D eigenvalue weighted by Crippen LogP contribution is -2.41. The Kier molecular flexibility index (Phi) is 3.39. The Morgan fingerprint density at radius 2 is 1.83 bits per heavy atom. The van der Waals surface area contributed by atoms with E-state index >= 15 is 0 Å². The molecule has 6 heteroatoms. The third kappa shape index (κ3) is 2.23. The fourth-order valence-electron chi connectivity index (χ4n) is 3.34. The standard InChI is InChI=1S/C18H24BFN2O2/c1-10-12(19-23-17(2,3)18(4,5)24-19)9-13-15(14(10)20)22-16(21-13)11-7-6-8-11/h9,11H,6-8H2,1-5H3,(H,21,22). The molecule has 1 aromatic heterocycles. The topological polar surface area (TPSA) is 47.1 Å². The molecule has 128 valence electrons. The molecule has 1 saturated carbocycles. The Morgan fingerprint density at radius 1 is 1.21 bits per heavy atom. The van der Waals surface area contributed by atoms with Gasteiger partial charge < -0.3 is 14.3 Å². The first-order valence-electron chi connectivity index (χ1n) is 8.74. The molecule has 4 rings (SSSR count). The van der Waals surface area contributed by atoms with Crippen LogP contribution in [0.2, 0.25) is 0 Å². The SMILES string of the molecule is Cc1c(B2OC(C)(C)C(C)(C)O2)cc2[nH]c(C3CCC3)nc2c1F. The quantitative estimate of drug-likeness (QED) is 0.856. The zero-order valence-corrected chi connectivity index (χ0v) is 15.0. The summed E-state index contributed by atoms with van der Waals surface area (Å²) in [6.07, 6.45) is 3.48. The molecule has 0 unspecified atom stereocenters. The lowest BCUT2D eigenvalue weighted by molar-refractivity contribution is 0.00578. The molecular weight excluding hydrogens is 306 g/mol. The summed E-state index contributed by atoms with van der Waals surface area (Å²) in [5, 5.41) is 0. The second-order valence-corrected chi connectivity index (χ2v) is 8.14. The van der Waals surface area contributed by atoms with Gasteiger partial charge in [-0.1, -0.05) is 6.42 Å². The highest BCUT2D eigenvalue weighted by atomic mass is 19.1. The summed E-state index contributed by atoms with van der Waals surface area (Å²) < 4.78 is 27.1. The van der Waals surface area contributed by atoms with Gasteiger partial charge in [-0.2, -0.15) is 0 Å².